The zero-order chi connectivity index (χ0) is 13.8. The molecule has 0 fully saturated rings. The minimum Gasteiger partial charge on any atom is -0.495 e. The van der Waals surface area contributed by atoms with E-state index in [1.54, 1.807) is 39.0 Å². The summed E-state index contributed by atoms with van der Waals surface area (Å²) in [5.74, 6) is 0.417. The van der Waals surface area contributed by atoms with Crippen LogP contribution in [0.1, 0.15) is 26.3 Å². The predicted octanol–water partition coefficient (Wildman–Crippen LogP) is 2.91. The van der Waals surface area contributed by atoms with Crippen molar-refractivity contribution in [3.05, 3.63) is 23.8 Å². The molecule has 0 aliphatic rings. The van der Waals surface area contributed by atoms with Crippen LogP contribution in [0.2, 0.25) is 0 Å². The first-order chi connectivity index (χ1) is 8.35. The summed E-state index contributed by atoms with van der Waals surface area (Å²) in [5.41, 5.74) is 0.358. The van der Waals surface area contributed by atoms with Crippen molar-refractivity contribution in [2.75, 3.05) is 12.4 Å². The van der Waals surface area contributed by atoms with Crippen molar-refractivity contribution >= 4 is 11.8 Å². The quantitative estimate of drug-likeness (QED) is 0.873. The van der Waals surface area contributed by atoms with Crippen LogP contribution in [0, 0.1) is 11.3 Å². The highest BCUT2D eigenvalue weighted by atomic mass is 16.6. The van der Waals surface area contributed by atoms with Gasteiger partial charge in [0.15, 0.2) is 0 Å². The lowest BCUT2D eigenvalue weighted by Crippen LogP contribution is -2.27. The maximum absolute atomic E-state index is 11.6. The molecule has 1 amide bonds. The van der Waals surface area contributed by atoms with Gasteiger partial charge in [0.1, 0.15) is 11.4 Å². The lowest BCUT2D eigenvalue weighted by atomic mass is 10.2. The molecule has 0 saturated carbocycles. The summed E-state index contributed by atoms with van der Waals surface area (Å²) in [4.78, 5) is 11.6. The van der Waals surface area contributed by atoms with Gasteiger partial charge in [-0.3, -0.25) is 5.32 Å². The summed E-state index contributed by atoms with van der Waals surface area (Å²) in [6.07, 6.45) is -0.564. The van der Waals surface area contributed by atoms with Gasteiger partial charge in [0.25, 0.3) is 0 Å². The highest BCUT2D eigenvalue weighted by Crippen LogP contribution is 2.25. The molecule has 0 radical (unpaired) electrons. The highest BCUT2D eigenvalue weighted by molar-refractivity contribution is 5.87. The zero-order valence-corrected chi connectivity index (χ0v) is 10.9. The van der Waals surface area contributed by atoms with Gasteiger partial charge in [0.05, 0.1) is 24.4 Å². The van der Waals surface area contributed by atoms with E-state index < -0.39 is 11.7 Å². The van der Waals surface area contributed by atoms with Gasteiger partial charge in [0, 0.05) is 6.07 Å². The molecule has 5 nitrogen and oxygen atoms in total. The fourth-order valence-corrected chi connectivity index (χ4v) is 1.28. The molecule has 0 aliphatic heterocycles. The standard InChI is InChI=1S/C13H16N2O3/c1-13(2,3)18-12(16)15-10-6-5-9(8-14)7-11(10)17-4/h5-7H,1-4H3,(H,15,16). The van der Waals surface area contributed by atoms with Crippen molar-refractivity contribution < 1.29 is 14.3 Å². The number of amides is 1. The summed E-state index contributed by atoms with van der Waals surface area (Å²) >= 11 is 0. The van der Waals surface area contributed by atoms with Crippen LogP contribution >= 0.6 is 0 Å². The van der Waals surface area contributed by atoms with Gasteiger partial charge >= 0.3 is 6.09 Å². The Morgan fingerprint density at radius 3 is 2.56 bits per heavy atom. The monoisotopic (exact) mass is 248 g/mol. The predicted molar refractivity (Wildman–Crippen MR) is 67.6 cm³/mol. The van der Waals surface area contributed by atoms with Crippen LogP contribution < -0.4 is 10.1 Å². The first kappa shape index (κ1) is 13.8. The van der Waals surface area contributed by atoms with Crippen LogP contribution in [-0.2, 0) is 4.74 Å². The van der Waals surface area contributed by atoms with Gasteiger partial charge in [-0.15, -0.1) is 0 Å². The van der Waals surface area contributed by atoms with E-state index in [4.69, 9.17) is 14.7 Å². The first-order valence-electron chi connectivity index (χ1n) is 5.44. The second kappa shape index (κ2) is 5.41. The zero-order valence-electron chi connectivity index (χ0n) is 10.9. The van der Waals surface area contributed by atoms with Crippen molar-refractivity contribution in [3.63, 3.8) is 0 Å². The molecule has 0 atom stereocenters. The van der Waals surface area contributed by atoms with Gasteiger partial charge in [-0.2, -0.15) is 5.26 Å². The summed E-state index contributed by atoms with van der Waals surface area (Å²) < 4.78 is 10.2. The maximum atomic E-state index is 11.6. The molecule has 5 heteroatoms. The van der Waals surface area contributed by atoms with Crippen molar-refractivity contribution in [1.29, 1.82) is 5.26 Å². The Morgan fingerprint density at radius 2 is 2.06 bits per heavy atom. The second-order valence-electron chi connectivity index (χ2n) is 4.65. The van der Waals surface area contributed by atoms with Gasteiger partial charge in [-0.05, 0) is 32.9 Å². The molecule has 0 bridgehead atoms. The van der Waals surface area contributed by atoms with Gasteiger partial charge < -0.3 is 9.47 Å². The number of hydrogen-bond acceptors (Lipinski definition) is 4. The molecule has 1 rings (SSSR count). The Balaban J connectivity index is 2.85. The third-order valence-corrected chi connectivity index (χ3v) is 1.97. The Hall–Kier alpha value is -2.22. The molecule has 18 heavy (non-hydrogen) atoms. The Bertz CT molecular complexity index is 484. The lowest BCUT2D eigenvalue weighted by Gasteiger charge is -2.20. The molecule has 1 N–H and O–H groups in total. The number of nitriles is 1. The maximum Gasteiger partial charge on any atom is 0.412 e. The summed E-state index contributed by atoms with van der Waals surface area (Å²) in [6, 6.07) is 6.74. The van der Waals surface area contributed by atoms with Crippen LogP contribution in [0.15, 0.2) is 18.2 Å². The smallest absolute Gasteiger partial charge is 0.412 e. The number of carbonyl (C=O) groups excluding carboxylic acids is 1. The van der Waals surface area contributed by atoms with E-state index in [9.17, 15) is 4.79 Å². The number of nitrogens with zero attached hydrogens (tertiary/aromatic N) is 1. The number of anilines is 1. The Morgan fingerprint density at radius 1 is 1.39 bits per heavy atom. The number of benzene rings is 1. The molecule has 0 aromatic heterocycles. The summed E-state index contributed by atoms with van der Waals surface area (Å²) in [7, 11) is 1.47. The summed E-state index contributed by atoms with van der Waals surface area (Å²) in [5, 5.41) is 11.3. The van der Waals surface area contributed by atoms with E-state index in [0.29, 0.717) is 17.0 Å². The first-order valence-corrected chi connectivity index (χ1v) is 5.44. The van der Waals surface area contributed by atoms with Crippen LogP contribution in [-0.4, -0.2) is 18.8 Å². The number of rotatable bonds is 2. The fraction of sp³-hybridized carbons (Fsp3) is 0.385. The molecule has 1 aromatic carbocycles. The van der Waals surface area contributed by atoms with Crippen molar-refractivity contribution in [2.45, 2.75) is 26.4 Å². The van der Waals surface area contributed by atoms with Gasteiger partial charge in [-0.25, -0.2) is 4.79 Å². The van der Waals surface area contributed by atoms with E-state index in [1.807, 2.05) is 6.07 Å². The average molecular weight is 248 g/mol. The molecule has 0 aliphatic carbocycles. The molecule has 1 aromatic rings. The third kappa shape index (κ3) is 3.98. The molecule has 96 valence electrons. The molecule has 0 unspecified atom stereocenters. The number of carbonyl (C=O) groups is 1. The topological polar surface area (TPSA) is 71.3 Å². The molecule has 0 heterocycles. The number of methoxy groups -OCH3 is 1. The van der Waals surface area contributed by atoms with E-state index in [2.05, 4.69) is 5.32 Å². The van der Waals surface area contributed by atoms with Gasteiger partial charge in [-0.1, -0.05) is 0 Å². The van der Waals surface area contributed by atoms with Crippen LogP contribution in [0.5, 0.6) is 5.75 Å². The minimum absolute atomic E-state index is 0.417. The molecular formula is C13H16N2O3. The molecule has 0 spiro atoms. The molecule has 0 saturated heterocycles. The van der Waals surface area contributed by atoms with Crippen LogP contribution in [0.4, 0.5) is 10.5 Å². The molecular weight excluding hydrogens is 232 g/mol. The van der Waals surface area contributed by atoms with Crippen LogP contribution in [0.3, 0.4) is 0 Å². The van der Waals surface area contributed by atoms with Crippen molar-refractivity contribution in [3.8, 4) is 11.8 Å². The van der Waals surface area contributed by atoms with E-state index >= 15 is 0 Å². The minimum atomic E-state index is -0.566. The SMILES string of the molecule is COc1cc(C#N)ccc1NC(=O)OC(C)(C)C. The number of ether oxygens (including phenoxy) is 2. The van der Waals surface area contributed by atoms with Crippen LogP contribution in [0.25, 0.3) is 0 Å². The van der Waals surface area contributed by atoms with Crippen molar-refractivity contribution in [1.82, 2.24) is 0 Å². The number of hydrogen-bond donors (Lipinski definition) is 1. The average Bonchev–Trinajstić information content (AvgIpc) is 2.27. The largest absolute Gasteiger partial charge is 0.495 e. The normalized spacial score (nSPS) is 10.4. The Labute approximate surface area is 106 Å². The second-order valence-corrected chi connectivity index (χ2v) is 4.65. The number of nitrogens with one attached hydrogen (secondary N) is 1. The highest BCUT2D eigenvalue weighted by Gasteiger charge is 2.17. The van der Waals surface area contributed by atoms with E-state index in [1.165, 1.54) is 7.11 Å². The summed E-state index contributed by atoms with van der Waals surface area (Å²) in [6.45, 7) is 5.34. The van der Waals surface area contributed by atoms with E-state index in [0.717, 1.165) is 0 Å². The lowest BCUT2D eigenvalue weighted by molar-refractivity contribution is 0.0635. The van der Waals surface area contributed by atoms with Crippen molar-refractivity contribution in [2.24, 2.45) is 0 Å². The third-order valence-electron chi connectivity index (χ3n) is 1.97. The Kier molecular flexibility index (Phi) is 4.16. The van der Waals surface area contributed by atoms with E-state index in [-0.39, 0.29) is 0 Å². The van der Waals surface area contributed by atoms with Gasteiger partial charge in [0.2, 0.25) is 0 Å². The fourth-order valence-electron chi connectivity index (χ4n) is 1.28.